The summed E-state index contributed by atoms with van der Waals surface area (Å²) < 4.78 is 0. The predicted molar refractivity (Wildman–Crippen MR) is 89.6 cm³/mol. The number of benzene rings is 2. The molecule has 0 heterocycles. The molecule has 108 valence electrons. The highest BCUT2D eigenvalue weighted by atomic mass is 35.5. The Bertz CT molecular complexity index is 538. The van der Waals surface area contributed by atoms with Gasteiger partial charge in [-0.05, 0) is 41.9 Å². The van der Waals surface area contributed by atoms with E-state index in [0.717, 1.165) is 19.6 Å². The van der Waals surface area contributed by atoms with Gasteiger partial charge in [0.15, 0.2) is 0 Å². The summed E-state index contributed by atoms with van der Waals surface area (Å²) in [5.74, 6) is 0. The molecule has 0 aliphatic rings. The van der Waals surface area contributed by atoms with Crippen LogP contribution in [-0.2, 0) is 0 Å². The number of likely N-dealkylation sites (N-methyl/N-ethyl adjacent to an activating group) is 1. The Hall–Kier alpha value is -1.05. The van der Waals surface area contributed by atoms with Gasteiger partial charge in [0.2, 0.25) is 0 Å². The summed E-state index contributed by atoms with van der Waals surface area (Å²) in [6.07, 6.45) is 2.48. The van der Waals surface area contributed by atoms with E-state index in [1.165, 1.54) is 29.2 Å². The van der Waals surface area contributed by atoms with Gasteiger partial charge in [-0.1, -0.05) is 56.7 Å². The van der Waals surface area contributed by atoms with E-state index in [0.29, 0.717) is 0 Å². The fourth-order valence-corrected chi connectivity index (χ4v) is 2.83. The Morgan fingerprint density at radius 1 is 1.05 bits per heavy atom. The highest BCUT2D eigenvalue weighted by Crippen LogP contribution is 2.25. The molecular formula is C18H24ClN. The topological polar surface area (TPSA) is 3.24 Å². The van der Waals surface area contributed by atoms with Gasteiger partial charge in [0.1, 0.15) is 0 Å². The van der Waals surface area contributed by atoms with Crippen LogP contribution in [0.1, 0.15) is 37.6 Å². The predicted octanol–water partition coefficient (Wildman–Crippen LogP) is 5.24. The van der Waals surface area contributed by atoms with Crippen molar-refractivity contribution in [3.8, 4) is 0 Å². The minimum atomic E-state index is 0.0661. The van der Waals surface area contributed by atoms with Gasteiger partial charge in [0.05, 0.1) is 5.38 Å². The SMILES string of the molecule is CCCCN(CC)CC(Cl)c1ccc2ccccc2c1. The molecule has 0 aromatic heterocycles. The van der Waals surface area contributed by atoms with E-state index in [2.05, 4.69) is 61.2 Å². The molecule has 0 fully saturated rings. The fraction of sp³-hybridized carbons (Fsp3) is 0.444. The molecule has 0 amide bonds. The lowest BCUT2D eigenvalue weighted by Crippen LogP contribution is -2.28. The van der Waals surface area contributed by atoms with Gasteiger partial charge in [-0.3, -0.25) is 0 Å². The summed E-state index contributed by atoms with van der Waals surface area (Å²) >= 11 is 6.62. The standard InChI is InChI=1S/C18H24ClN/c1-3-5-12-20(4-2)14-18(19)17-11-10-15-8-6-7-9-16(15)13-17/h6-11,13,18H,3-5,12,14H2,1-2H3. The van der Waals surface area contributed by atoms with E-state index < -0.39 is 0 Å². The number of fused-ring (bicyclic) bond motifs is 1. The molecule has 2 rings (SSSR count). The highest BCUT2D eigenvalue weighted by molar-refractivity contribution is 6.21. The van der Waals surface area contributed by atoms with Crippen molar-refractivity contribution in [1.82, 2.24) is 4.90 Å². The third-order valence-corrected chi connectivity index (χ3v) is 4.22. The van der Waals surface area contributed by atoms with Crippen LogP contribution >= 0.6 is 11.6 Å². The second kappa shape index (κ2) is 7.66. The second-order valence-corrected chi connectivity index (χ2v) is 5.85. The molecule has 0 saturated carbocycles. The normalized spacial score (nSPS) is 13.0. The van der Waals surface area contributed by atoms with Crippen LogP contribution in [0.4, 0.5) is 0 Å². The third kappa shape index (κ3) is 3.97. The van der Waals surface area contributed by atoms with Crippen molar-refractivity contribution in [2.45, 2.75) is 32.1 Å². The Kier molecular flexibility index (Phi) is 5.87. The van der Waals surface area contributed by atoms with Crippen LogP contribution in [0.2, 0.25) is 0 Å². The molecule has 0 N–H and O–H groups in total. The number of rotatable bonds is 7. The van der Waals surface area contributed by atoms with Gasteiger partial charge in [0, 0.05) is 6.54 Å². The van der Waals surface area contributed by atoms with Crippen molar-refractivity contribution in [2.24, 2.45) is 0 Å². The molecule has 2 aromatic rings. The van der Waals surface area contributed by atoms with Gasteiger partial charge in [-0.2, -0.15) is 0 Å². The number of unbranched alkanes of at least 4 members (excludes halogenated alkanes) is 1. The zero-order chi connectivity index (χ0) is 14.4. The maximum absolute atomic E-state index is 6.62. The lowest BCUT2D eigenvalue weighted by molar-refractivity contribution is 0.283. The molecule has 0 saturated heterocycles. The lowest BCUT2D eigenvalue weighted by atomic mass is 10.0. The molecule has 1 nitrogen and oxygen atoms in total. The molecule has 1 atom stereocenters. The number of halogens is 1. The van der Waals surface area contributed by atoms with E-state index >= 15 is 0 Å². The van der Waals surface area contributed by atoms with E-state index in [1.54, 1.807) is 0 Å². The quantitative estimate of drug-likeness (QED) is 0.630. The zero-order valence-electron chi connectivity index (χ0n) is 12.5. The van der Waals surface area contributed by atoms with Gasteiger partial charge in [0.25, 0.3) is 0 Å². The molecule has 20 heavy (non-hydrogen) atoms. The summed E-state index contributed by atoms with van der Waals surface area (Å²) in [5.41, 5.74) is 1.22. The monoisotopic (exact) mass is 289 g/mol. The average Bonchev–Trinajstić information content (AvgIpc) is 2.50. The maximum atomic E-state index is 6.62. The summed E-state index contributed by atoms with van der Waals surface area (Å²) in [5, 5.41) is 2.61. The van der Waals surface area contributed by atoms with E-state index in [9.17, 15) is 0 Å². The first-order valence-electron chi connectivity index (χ1n) is 7.59. The molecule has 1 unspecified atom stereocenters. The van der Waals surface area contributed by atoms with E-state index in [-0.39, 0.29) is 5.38 Å². The summed E-state index contributed by atoms with van der Waals surface area (Å²) in [4.78, 5) is 2.44. The van der Waals surface area contributed by atoms with Crippen molar-refractivity contribution in [2.75, 3.05) is 19.6 Å². The van der Waals surface area contributed by atoms with Crippen molar-refractivity contribution in [3.05, 3.63) is 48.0 Å². The lowest BCUT2D eigenvalue weighted by Gasteiger charge is -2.23. The summed E-state index contributed by atoms with van der Waals surface area (Å²) in [6.45, 7) is 7.58. The Labute approximate surface area is 127 Å². The molecule has 0 spiro atoms. The van der Waals surface area contributed by atoms with E-state index in [1.807, 2.05) is 0 Å². The molecule has 2 heteroatoms. The minimum Gasteiger partial charge on any atom is -0.302 e. The summed E-state index contributed by atoms with van der Waals surface area (Å²) in [7, 11) is 0. The van der Waals surface area contributed by atoms with Crippen molar-refractivity contribution >= 4 is 22.4 Å². The fourth-order valence-electron chi connectivity index (χ4n) is 2.49. The van der Waals surface area contributed by atoms with Crippen LogP contribution in [0.15, 0.2) is 42.5 Å². The first-order chi connectivity index (χ1) is 9.74. The van der Waals surface area contributed by atoms with Crippen LogP contribution in [0.5, 0.6) is 0 Å². The van der Waals surface area contributed by atoms with Crippen LogP contribution in [0.3, 0.4) is 0 Å². The van der Waals surface area contributed by atoms with Gasteiger partial charge in [-0.15, -0.1) is 11.6 Å². The molecule has 0 aliphatic carbocycles. The minimum absolute atomic E-state index is 0.0661. The molecule has 0 radical (unpaired) electrons. The van der Waals surface area contributed by atoms with Crippen LogP contribution in [0.25, 0.3) is 10.8 Å². The molecule has 2 aromatic carbocycles. The molecule has 0 aliphatic heterocycles. The van der Waals surface area contributed by atoms with Crippen LogP contribution < -0.4 is 0 Å². The Morgan fingerprint density at radius 3 is 2.50 bits per heavy atom. The van der Waals surface area contributed by atoms with Gasteiger partial charge >= 0.3 is 0 Å². The smallest absolute Gasteiger partial charge is 0.0712 e. The average molecular weight is 290 g/mol. The van der Waals surface area contributed by atoms with E-state index in [4.69, 9.17) is 11.6 Å². The number of alkyl halides is 1. The molecule has 0 bridgehead atoms. The largest absolute Gasteiger partial charge is 0.302 e. The number of hydrogen-bond donors (Lipinski definition) is 0. The van der Waals surface area contributed by atoms with Gasteiger partial charge < -0.3 is 4.90 Å². The Balaban J connectivity index is 2.07. The van der Waals surface area contributed by atoms with Gasteiger partial charge in [-0.25, -0.2) is 0 Å². The van der Waals surface area contributed by atoms with Crippen molar-refractivity contribution < 1.29 is 0 Å². The number of nitrogens with zero attached hydrogens (tertiary/aromatic N) is 1. The first-order valence-corrected chi connectivity index (χ1v) is 8.03. The van der Waals surface area contributed by atoms with Crippen LogP contribution in [-0.4, -0.2) is 24.5 Å². The summed E-state index contributed by atoms with van der Waals surface area (Å²) in [6, 6.07) is 15.0. The second-order valence-electron chi connectivity index (χ2n) is 5.32. The molecular weight excluding hydrogens is 266 g/mol. The third-order valence-electron chi connectivity index (χ3n) is 3.83. The number of hydrogen-bond acceptors (Lipinski definition) is 1. The highest BCUT2D eigenvalue weighted by Gasteiger charge is 2.12. The van der Waals surface area contributed by atoms with Crippen LogP contribution in [0, 0.1) is 0 Å². The first kappa shape index (κ1) is 15.3. The zero-order valence-corrected chi connectivity index (χ0v) is 13.2. The maximum Gasteiger partial charge on any atom is 0.0712 e. The van der Waals surface area contributed by atoms with Crippen molar-refractivity contribution in [3.63, 3.8) is 0 Å². The van der Waals surface area contributed by atoms with Crippen molar-refractivity contribution in [1.29, 1.82) is 0 Å². The Morgan fingerprint density at radius 2 is 1.80 bits per heavy atom.